The molecule has 0 radical (unpaired) electrons. The number of carboxylic acids is 1. The van der Waals surface area contributed by atoms with Crippen LogP contribution in [-0.4, -0.2) is 75.9 Å². The van der Waals surface area contributed by atoms with E-state index in [1.54, 1.807) is 30.3 Å². The van der Waals surface area contributed by atoms with Crippen LogP contribution in [0.3, 0.4) is 0 Å². The van der Waals surface area contributed by atoms with Crippen molar-refractivity contribution in [1.82, 2.24) is 16.0 Å². The smallest absolute Gasteiger partial charge is 0.328 e. The Hall–Kier alpha value is -3.02. The molecule has 0 fully saturated rings. The number of carboxylic acid groups (broad SMARTS) is 1. The monoisotopic (exact) mass is 466 g/mol. The maximum absolute atomic E-state index is 13.0. The number of carbonyl (C=O) groups excluding carboxylic acids is 3. The van der Waals surface area contributed by atoms with E-state index in [0.717, 1.165) is 0 Å². The van der Waals surface area contributed by atoms with Crippen LogP contribution < -0.4 is 21.7 Å². The van der Waals surface area contributed by atoms with Crippen molar-refractivity contribution in [3.8, 4) is 0 Å². The largest absolute Gasteiger partial charge is 0.480 e. The van der Waals surface area contributed by atoms with Gasteiger partial charge in [-0.25, -0.2) is 4.79 Å². The highest BCUT2D eigenvalue weighted by atomic mass is 16.4. The molecule has 8 N–H and O–H groups in total. The molecule has 0 saturated carbocycles. The molecule has 5 unspecified atom stereocenters. The minimum absolute atomic E-state index is 0.000528. The van der Waals surface area contributed by atoms with Crippen LogP contribution in [0, 0.1) is 5.92 Å². The first-order valence-electron chi connectivity index (χ1n) is 10.7. The average Bonchev–Trinajstić information content (AvgIpc) is 2.75. The Bertz CT molecular complexity index is 801. The lowest BCUT2D eigenvalue weighted by Crippen LogP contribution is -2.59. The normalized spacial score (nSPS) is 15.6. The van der Waals surface area contributed by atoms with Gasteiger partial charge >= 0.3 is 5.97 Å². The predicted molar refractivity (Wildman–Crippen MR) is 120 cm³/mol. The fourth-order valence-corrected chi connectivity index (χ4v) is 3.04. The van der Waals surface area contributed by atoms with Crippen molar-refractivity contribution >= 4 is 23.7 Å². The van der Waals surface area contributed by atoms with Crippen LogP contribution in [0.15, 0.2) is 30.3 Å². The number of carbonyl (C=O) groups is 4. The van der Waals surface area contributed by atoms with Gasteiger partial charge in [0.1, 0.15) is 18.1 Å². The van der Waals surface area contributed by atoms with E-state index in [1.807, 2.05) is 13.8 Å². The molecule has 0 aliphatic carbocycles. The summed E-state index contributed by atoms with van der Waals surface area (Å²) in [6.07, 6.45) is -1.09. The summed E-state index contributed by atoms with van der Waals surface area (Å²) in [5.74, 6) is -3.61. The molecule has 3 amide bonds. The number of amides is 3. The zero-order valence-electron chi connectivity index (χ0n) is 19.0. The topological polar surface area (TPSA) is 191 Å². The molecular formula is C22H34N4O7. The number of nitrogens with two attached hydrogens (primary N) is 1. The molecule has 1 aromatic carbocycles. The van der Waals surface area contributed by atoms with Crippen molar-refractivity contribution in [3.05, 3.63) is 35.9 Å². The molecule has 0 saturated heterocycles. The van der Waals surface area contributed by atoms with Crippen molar-refractivity contribution in [2.75, 3.05) is 6.61 Å². The number of aliphatic carboxylic acids is 1. The van der Waals surface area contributed by atoms with Gasteiger partial charge in [0.15, 0.2) is 6.04 Å². The zero-order valence-corrected chi connectivity index (χ0v) is 19.0. The van der Waals surface area contributed by atoms with E-state index in [2.05, 4.69) is 16.0 Å². The lowest BCUT2D eigenvalue weighted by molar-refractivity contribution is -0.145. The summed E-state index contributed by atoms with van der Waals surface area (Å²) in [6, 6.07) is 3.77. The van der Waals surface area contributed by atoms with E-state index >= 15 is 0 Å². The van der Waals surface area contributed by atoms with Gasteiger partial charge in [0, 0.05) is 6.42 Å². The fraction of sp³-hybridized carbons (Fsp3) is 0.545. The van der Waals surface area contributed by atoms with Crippen LogP contribution in [-0.2, 0) is 25.6 Å². The molecule has 0 heterocycles. The van der Waals surface area contributed by atoms with Gasteiger partial charge in [0.05, 0.1) is 12.7 Å². The molecule has 0 aliphatic rings. The van der Waals surface area contributed by atoms with Gasteiger partial charge in [0.25, 0.3) is 0 Å². The van der Waals surface area contributed by atoms with Crippen molar-refractivity contribution < 1.29 is 34.5 Å². The molecule has 11 heteroatoms. The molecule has 0 bridgehead atoms. The first-order chi connectivity index (χ1) is 15.5. The Kier molecular flexibility index (Phi) is 11.5. The number of nitrogens with one attached hydrogen (secondary N) is 3. The summed E-state index contributed by atoms with van der Waals surface area (Å²) < 4.78 is 0. The fourth-order valence-electron chi connectivity index (χ4n) is 3.04. The average molecular weight is 467 g/mol. The number of aliphatic hydroxyl groups excluding tert-OH is 2. The van der Waals surface area contributed by atoms with Crippen LogP contribution >= 0.6 is 0 Å². The first kappa shape index (κ1) is 28.0. The zero-order chi connectivity index (χ0) is 25.1. The third kappa shape index (κ3) is 9.56. The number of hydrogen-bond donors (Lipinski definition) is 7. The van der Waals surface area contributed by atoms with Gasteiger partial charge in [0.2, 0.25) is 17.7 Å². The van der Waals surface area contributed by atoms with Gasteiger partial charge in [-0.15, -0.1) is 0 Å². The highest BCUT2D eigenvalue weighted by molar-refractivity contribution is 5.94. The number of hydrogen-bond acceptors (Lipinski definition) is 7. The van der Waals surface area contributed by atoms with E-state index < -0.39 is 60.6 Å². The maximum atomic E-state index is 13.0. The van der Waals surface area contributed by atoms with E-state index in [-0.39, 0.29) is 18.8 Å². The summed E-state index contributed by atoms with van der Waals surface area (Å²) in [7, 11) is 0. The maximum Gasteiger partial charge on any atom is 0.328 e. The highest BCUT2D eigenvalue weighted by Crippen LogP contribution is 2.09. The SMILES string of the molecule is CC(C)CC(NC(=O)C(N)CO)C(=O)NC(Cc1ccccc1)C(=O)NC(C(=O)O)C(C)O. The number of benzene rings is 1. The molecule has 5 atom stereocenters. The van der Waals surface area contributed by atoms with Crippen LogP contribution in [0.1, 0.15) is 32.8 Å². The predicted octanol–water partition coefficient (Wildman–Crippen LogP) is -1.49. The third-order valence-corrected chi connectivity index (χ3v) is 4.84. The second kappa shape index (κ2) is 13.5. The minimum Gasteiger partial charge on any atom is -0.480 e. The number of aliphatic hydroxyl groups is 2. The second-order valence-corrected chi connectivity index (χ2v) is 8.30. The Balaban J connectivity index is 3.11. The molecular weight excluding hydrogens is 432 g/mol. The first-order valence-corrected chi connectivity index (χ1v) is 10.7. The van der Waals surface area contributed by atoms with E-state index in [4.69, 9.17) is 10.8 Å². The molecule has 184 valence electrons. The summed E-state index contributed by atoms with van der Waals surface area (Å²) in [5, 5.41) is 35.3. The van der Waals surface area contributed by atoms with Gasteiger partial charge in [-0.1, -0.05) is 44.2 Å². The highest BCUT2D eigenvalue weighted by Gasteiger charge is 2.32. The lowest BCUT2D eigenvalue weighted by atomic mass is 10.0. The molecule has 11 nitrogen and oxygen atoms in total. The van der Waals surface area contributed by atoms with Gasteiger partial charge in [-0.3, -0.25) is 14.4 Å². The standard InChI is InChI=1S/C22H34N4O7/c1-12(2)9-16(24-19(29)15(23)11-27)20(30)25-17(10-14-7-5-4-6-8-14)21(31)26-18(13(3)28)22(32)33/h4-8,12-13,15-18,27-28H,9-11,23H2,1-3H3,(H,24,29)(H,25,30)(H,26,31)(H,32,33). The van der Waals surface area contributed by atoms with E-state index in [9.17, 15) is 29.4 Å². The molecule has 1 aromatic rings. The van der Waals surface area contributed by atoms with Gasteiger partial charge in [-0.05, 0) is 24.8 Å². The molecule has 0 spiro atoms. The summed E-state index contributed by atoms with van der Waals surface area (Å²) >= 11 is 0. The third-order valence-electron chi connectivity index (χ3n) is 4.84. The van der Waals surface area contributed by atoms with E-state index in [1.165, 1.54) is 6.92 Å². The van der Waals surface area contributed by atoms with Crippen LogP contribution in [0.5, 0.6) is 0 Å². The molecule has 33 heavy (non-hydrogen) atoms. The molecule has 1 rings (SSSR count). The Morgan fingerprint density at radius 2 is 1.45 bits per heavy atom. The number of rotatable bonds is 13. The van der Waals surface area contributed by atoms with Crippen molar-refractivity contribution in [1.29, 1.82) is 0 Å². The summed E-state index contributed by atoms with van der Waals surface area (Å²) in [5.41, 5.74) is 6.22. The van der Waals surface area contributed by atoms with E-state index in [0.29, 0.717) is 5.56 Å². The molecule has 0 aromatic heterocycles. The van der Waals surface area contributed by atoms with Gasteiger partial charge < -0.3 is 37.0 Å². The van der Waals surface area contributed by atoms with Crippen LogP contribution in [0.2, 0.25) is 0 Å². The van der Waals surface area contributed by atoms with Crippen molar-refractivity contribution in [2.45, 2.75) is 63.9 Å². The second-order valence-electron chi connectivity index (χ2n) is 8.30. The van der Waals surface area contributed by atoms with Crippen molar-refractivity contribution in [3.63, 3.8) is 0 Å². The quantitative estimate of drug-likeness (QED) is 0.183. The summed E-state index contributed by atoms with van der Waals surface area (Å²) in [4.78, 5) is 49.4. The minimum atomic E-state index is -1.57. The Labute approximate surface area is 192 Å². The van der Waals surface area contributed by atoms with Gasteiger partial charge in [-0.2, -0.15) is 0 Å². The summed E-state index contributed by atoms with van der Waals surface area (Å²) in [6.45, 7) is 4.30. The van der Waals surface area contributed by atoms with Crippen LogP contribution in [0.4, 0.5) is 0 Å². The van der Waals surface area contributed by atoms with Crippen LogP contribution in [0.25, 0.3) is 0 Å². The molecule has 0 aliphatic heterocycles. The Morgan fingerprint density at radius 1 is 0.909 bits per heavy atom. The lowest BCUT2D eigenvalue weighted by Gasteiger charge is -2.26. The van der Waals surface area contributed by atoms with Crippen molar-refractivity contribution in [2.24, 2.45) is 11.7 Å². The Morgan fingerprint density at radius 3 is 1.94 bits per heavy atom.